The van der Waals surface area contributed by atoms with E-state index in [0.717, 1.165) is 0 Å². The average molecular weight is 229 g/mol. The fourth-order valence-electron chi connectivity index (χ4n) is 1.46. The Morgan fingerprint density at radius 2 is 2.53 bits per heavy atom. The molecule has 6 heteroatoms. The van der Waals surface area contributed by atoms with Gasteiger partial charge in [-0.05, 0) is 13.2 Å². The van der Waals surface area contributed by atoms with Crippen molar-refractivity contribution in [1.29, 1.82) is 5.26 Å². The molecular formula is C9H15N3O2S. The molecule has 1 saturated heterocycles. The van der Waals surface area contributed by atoms with Crippen molar-refractivity contribution in [3.63, 3.8) is 0 Å². The van der Waals surface area contributed by atoms with Crippen LogP contribution in [0.3, 0.4) is 0 Å². The van der Waals surface area contributed by atoms with Gasteiger partial charge in [0.1, 0.15) is 0 Å². The van der Waals surface area contributed by atoms with Crippen LogP contribution < -0.4 is 0 Å². The Morgan fingerprint density at radius 3 is 3.07 bits per heavy atom. The van der Waals surface area contributed by atoms with E-state index in [4.69, 9.17) is 15.1 Å². The van der Waals surface area contributed by atoms with Crippen molar-refractivity contribution in [2.24, 2.45) is 4.99 Å². The Bertz CT molecular complexity index is 277. The molecule has 0 amide bonds. The molecule has 0 spiro atoms. The molecule has 2 unspecified atom stereocenters. The van der Waals surface area contributed by atoms with Crippen LogP contribution in [-0.4, -0.2) is 53.3 Å². The van der Waals surface area contributed by atoms with Gasteiger partial charge in [0.25, 0.3) is 0 Å². The molecule has 1 aliphatic heterocycles. The first-order valence-electron chi connectivity index (χ1n) is 4.72. The first kappa shape index (κ1) is 12.3. The number of amidine groups is 1. The number of hydrogen-bond donors (Lipinski definition) is 1. The highest BCUT2D eigenvalue weighted by molar-refractivity contribution is 8.13. The van der Waals surface area contributed by atoms with Crippen molar-refractivity contribution in [2.75, 3.05) is 26.0 Å². The lowest BCUT2D eigenvalue weighted by Gasteiger charge is -2.38. The second-order valence-electron chi connectivity index (χ2n) is 3.34. The number of nitriles is 1. The van der Waals surface area contributed by atoms with Gasteiger partial charge in [-0.15, -0.1) is 4.99 Å². The van der Waals surface area contributed by atoms with Crippen LogP contribution in [0.25, 0.3) is 0 Å². The Morgan fingerprint density at radius 1 is 1.80 bits per heavy atom. The smallest absolute Gasteiger partial charge is 0.208 e. The van der Waals surface area contributed by atoms with Gasteiger partial charge in [-0.1, -0.05) is 11.8 Å². The van der Waals surface area contributed by atoms with Gasteiger partial charge in [0.2, 0.25) is 6.19 Å². The van der Waals surface area contributed by atoms with Crippen molar-refractivity contribution in [3.05, 3.63) is 0 Å². The summed E-state index contributed by atoms with van der Waals surface area (Å²) in [5, 5.41) is 18.3. The Hall–Kier alpha value is -0.770. The van der Waals surface area contributed by atoms with Gasteiger partial charge < -0.3 is 14.7 Å². The van der Waals surface area contributed by atoms with E-state index in [1.165, 1.54) is 11.8 Å². The van der Waals surface area contributed by atoms with E-state index in [0.29, 0.717) is 18.3 Å². The maximum Gasteiger partial charge on any atom is 0.208 e. The monoisotopic (exact) mass is 229 g/mol. The minimum Gasteiger partial charge on any atom is -0.394 e. The predicted octanol–water partition coefficient (Wildman–Crippen LogP) is 0.268. The predicted molar refractivity (Wildman–Crippen MR) is 59.6 cm³/mol. The zero-order valence-electron chi connectivity index (χ0n) is 8.88. The van der Waals surface area contributed by atoms with Crippen molar-refractivity contribution in [3.8, 4) is 6.19 Å². The molecule has 1 rings (SSSR count). The van der Waals surface area contributed by atoms with Crippen LogP contribution in [0.15, 0.2) is 4.99 Å². The molecule has 84 valence electrons. The normalized spacial score (nSPS) is 27.6. The number of aliphatic hydroxyl groups is 1. The lowest BCUT2D eigenvalue weighted by molar-refractivity contribution is -0.0550. The molecule has 0 bridgehead atoms. The Balaban J connectivity index is 2.72. The summed E-state index contributed by atoms with van der Waals surface area (Å²) in [4.78, 5) is 5.76. The molecule has 5 nitrogen and oxygen atoms in total. The molecule has 2 atom stereocenters. The van der Waals surface area contributed by atoms with Gasteiger partial charge in [0.15, 0.2) is 5.17 Å². The fraction of sp³-hybridized carbons (Fsp3) is 0.778. The van der Waals surface area contributed by atoms with Crippen LogP contribution in [-0.2, 0) is 4.74 Å². The summed E-state index contributed by atoms with van der Waals surface area (Å²) in [6.07, 6.45) is 3.49. The average Bonchev–Trinajstić information content (AvgIpc) is 2.27. The summed E-state index contributed by atoms with van der Waals surface area (Å²) in [7, 11) is 0. The van der Waals surface area contributed by atoms with Gasteiger partial charge >= 0.3 is 0 Å². The molecular weight excluding hydrogens is 214 g/mol. The molecule has 1 aliphatic rings. The quantitative estimate of drug-likeness (QED) is 0.397. The summed E-state index contributed by atoms with van der Waals surface area (Å²) >= 11 is 1.43. The van der Waals surface area contributed by atoms with Gasteiger partial charge in [0.05, 0.1) is 25.4 Å². The number of rotatable bonds is 1. The zero-order valence-corrected chi connectivity index (χ0v) is 9.70. The number of morpholine rings is 1. The highest BCUT2D eigenvalue weighted by atomic mass is 32.2. The SMILES string of the molecule is CSC(=NC#N)N1CC(CO)OCC1C. The first-order chi connectivity index (χ1) is 7.22. The molecule has 15 heavy (non-hydrogen) atoms. The van der Waals surface area contributed by atoms with E-state index in [9.17, 15) is 0 Å². The number of thioether (sulfide) groups is 1. The van der Waals surface area contributed by atoms with Crippen molar-refractivity contribution < 1.29 is 9.84 Å². The summed E-state index contributed by atoms with van der Waals surface area (Å²) in [6.45, 7) is 3.14. The topological polar surface area (TPSA) is 68.9 Å². The van der Waals surface area contributed by atoms with E-state index in [1.54, 1.807) is 6.19 Å². The standard InChI is InChI=1S/C9H15N3O2S/c1-7-5-14-8(4-13)3-12(7)9(15-2)11-6-10/h7-8,13H,3-5H2,1-2H3. The van der Waals surface area contributed by atoms with Crippen LogP contribution in [0, 0.1) is 11.5 Å². The first-order valence-corrected chi connectivity index (χ1v) is 5.95. The number of nitrogens with zero attached hydrogens (tertiary/aromatic N) is 3. The van der Waals surface area contributed by atoms with Gasteiger partial charge in [-0.2, -0.15) is 5.26 Å². The van der Waals surface area contributed by atoms with Gasteiger partial charge in [-0.3, -0.25) is 0 Å². The van der Waals surface area contributed by atoms with Crippen LogP contribution in [0.4, 0.5) is 0 Å². The summed E-state index contributed by atoms with van der Waals surface area (Å²) in [5.41, 5.74) is 0. The molecule has 0 aromatic rings. The number of hydrogen-bond acceptors (Lipinski definition) is 5. The van der Waals surface area contributed by atoms with E-state index in [1.807, 2.05) is 18.1 Å². The lowest BCUT2D eigenvalue weighted by Crippen LogP contribution is -2.51. The van der Waals surface area contributed by atoms with Crippen LogP contribution in [0.2, 0.25) is 0 Å². The van der Waals surface area contributed by atoms with Gasteiger partial charge in [-0.25, -0.2) is 0 Å². The zero-order chi connectivity index (χ0) is 11.3. The highest BCUT2D eigenvalue weighted by Crippen LogP contribution is 2.16. The number of aliphatic hydroxyl groups excluding tert-OH is 1. The Kier molecular flexibility index (Phi) is 4.88. The van der Waals surface area contributed by atoms with Crippen molar-refractivity contribution in [1.82, 2.24) is 4.90 Å². The van der Waals surface area contributed by atoms with Crippen LogP contribution >= 0.6 is 11.8 Å². The minimum absolute atomic E-state index is 0.00255. The molecule has 1 N–H and O–H groups in total. The van der Waals surface area contributed by atoms with Gasteiger partial charge in [0, 0.05) is 6.54 Å². The molecule has 1 heterocycles. The fourth-order valence-corrected chi connectivity index (χ4v) is 2.09. The number of ether oxygens (including phenoxy) is 1. The van der Waals surface area contributed by atoms with E-state index in [-0.39, 0.29) is 18.8 Å². The number of aliphatic imine (C=N–C) groups is 1. The molecule has 0 saturated carbocycles. The maximum atomic E-state index is 9.02. The molecule has 0 aromatic carbocycles. The second-order valence-corrected chi connectivity index (χ2v) is 4.11. The maximum absolute atomic E-state index is 9.02. The summed E-state index contributed by atoms with van der Waals surface area (Å²) in [5.74, 6) is 0. The van der Waals surface area contributed by atoms with E-state index < -0.39 is 0 Å². The van der Waals surface area contributed by atoms with Crippen molar-refractivity contribution in [2.45, 2.75) is 19.1 Å². The molecule has 0 radical (unpaired) electrons. The molecule has 0 aromatic heterocycles. The third kappa shape index (κ3) is 3.09. The van der Waals surface area contributed by atoms with Crippen LogP contribution in [0.1, 0.15) is 6.92 Å². The Labute approximate surface area is 93.7 Å². The van der Waals surface area contributed by atoms with E-state index >= 15 is 0 Å². The molecule has 0 aliphatic carbocycles. The lowest BCUT2D eigenvalue weighted by atomic mass is 10.2. The summed E-state index contributed by atoms with van der Waals surface area (Å²) in [6, 6.07) is 0.187. The third-order valence-electron chi connectivity index (χ3n) is 2.28. The molecule has 1 fully saturated rings. The third-order valence-corrected chi connectivity index (χ3v) is 2.97. The minimum atomic E-state index is -0.183. The summed E-state index contributed by atoms with van der Waals surface area (Å²) < 4.78 is 5.40. The van der Waals surface area contributed by atoms with Crippen LogP contribution in [0.5, 0.6) is 0 Å². The largest absolute Gasteiger partial charge is 0.394 e. The second kappa shape index (κ2) is 5.95. The highest BCUT2D eigenvalue weighted by Gasteiger charge is 2.27. The van der Waals surface area contributed by atoms with Crippen molar-refractivity contribution >= 4 is 16.9 Å². The van der Waals surface area contributed by atoms with E-state index in [2.05, 4.69) is 4.99 Å².